The maximum Gasteiger partial charge on any atom is 0.0795 e. The summed E-state index contributed by atoms with van der Waals surface area (Å²) in [6.45, 7) is 1.71. The van der Waals surface area contributed by atoms with E-state index >= 15 is 0 Å². The first kappa shape index (κ1) is 12.1. The molecule has 1 aromatic heterocycles. The molecule has 0 amide bonds. The van der Waals surface area contributed by atoms with Gasteiger partial charge >= 0.3 is 0 Å². The van der Waals surface area contributed by atoms with E-state index < -0.39 is 0 Å². The van der Waals surface area contributed by atoms with Crippen LogP contribution in [0.5, 0.6) is 0 Å². The van der Waals surface area contributed by atoms with Crippen molar-refractivity contribution in [2.24, 2.45) is 0 Å². The van der Waals surface area contributed by atoms with Gasteiger partial charge in [-0.2, -0.15) is 0 Å². The molecule has 0 aliphatic carbocycles. The molecule has 0 aliphatic rings. The van der Waals surface area contributed by atoms with Crippen molar-refractivity contribution in [3.63, 3.8) is 0 Å². The molecule has 0 fully saturated rings. The summed E-state index contributed by atoms with van der Waals surface area (Å²) in [6, 6.07) is 8.59. The summed E-state index contributed by atoms with van der Waals surface area (Å²) in [5.74, 6) is 0. The summed E-state index contributed by atoms with van der Waals surface area (Å²) >= 11 is 1.63. The van der Waals surface area contributed by atoms with Crippen LogP contribution in [0.15, 0.2) is 35.2 Å². The second-order valence-corrected chi connectivity index (χ2v) is 4.86. The molecule has 3 nitrogen and oxygen atoms in total. The van der Waals surface area contributed by atoms with Crippen LogP contribution in [0.25, 0.3) is 0 Å². The average Bonchev–Trinajstić information content (AvgIpc) is 2.83. The Bertz CT molecular complexity index is 434. The number of hydrogen-bond acceptors (Lipinski definition) is 4. The van der Waals surface area contributed by atoms with E-state index in [1.165, 1.54) is 11.3 Å². The quantitative estimate of drug-likeness (QED) is 0.880. The van der Waals surface area contributed by atoms with Crippen molar-refractivity contribution in [3.8, 4) is 0 Å². The van der Waals surface area contributed by atoms with E-state index in [9.17, 15) is 0 Å². The van der Waals surface area contributed by atoms with Crippen LogP contribution in [-0.2, 0) is 13.1 Å². The molecule has 90 valence electrons. The predicted octanol–water partition coefficient (Wildman–Crippen LogP) is 2.50. The lowest BCUT2D eigenvalue weighted by Gasteiger charge is -2.12. The highest BCUT2D eigenvalue weighted by atomic mass is 32.1. The van der Waals surface area contributed by atoms with Crippen LogP contribution in [0.3, 0.4) is 0 Å². The molecular weight excluding hydrogens is 230 g/mol. The van der Waals surface area contributed by atoms with Gasteiger partial charge in [0.25, 0.3) is 0 Å². The molecule has 1 aromatic carbocycles. The largest absolute Gasteiger partial charge is 0.378 e. The molecule has 0 aliphatic heterocycles. The van der Waals surface area contributed by atoms with Crippen LogP contribution in [0, 0.1) is 0 Å². The number of hydrogen-bond donors (Lipinski definition) is 1. The van der Waals surface area contributed by atoms with Crippen LogP contribution in [-0.4, -0.2) is 19.1 Å². The number of benzene rings is 1. The monoisotopic (exact) mass is 247 g/mol. The van der Waals surface area contributed by atoms with Crippen molar-refractivity contribution in [1.82, 2.24) is 10.3 Å². The van der Waals surface area contributed by atoms with E-state index in [1.807, 2.05) is 5.51 Å². The fourth-order valence-electron chi connectivity index (χ4n) is 1.57. The molecule has 1 N–H and O–H groups in total. The number of aromatic nitrogens is 1. The second kappa shape index (κ2) is 5.80. The lowest BCUT2D eigenvalue weighted by molar-refractivity contribution is 0.683. The van der Waals surface area contributed by atoms with E-state index in [0.717, 1.165) is 18.8 Å². The Morgan fingerprint density at radius 1 is 1.18 bits per heavy atom. The number of rotatable bonds is 5. The molecule has 17 heavy (non-hydrogen) atoms. The van der Waals surface area contributed by atoms with E-state index in [0.29, 0.717) is 0 Å². The van der Waals surface area contributed by atoms with Crippen LogP contribution >= 0.6 is 11.3 Å². The molecule has 0 radical (unpaired) electrons. The van der Waals surface area contributed by atoms with Gasteiger partial charge in [-0.05, 0) is 17.7 Å². The SMILES string of the molecule is CN(C)c1ccc(CNCc2cscn2)cc1. The van der Waals surface area contributed by atoms with Crippen molar-refractivity contribution < 1.29 is 0 Å². The Morgan fingerprint density at radius 3 is 2.53 bits per heavy atom. The number of nitrogens with one attached hydrogen (secondary N) is 1. The molecule has 0 spiro atoms. The molecule has 1 heterocycles. The van der Waals surface area contributed by atoms with Gasteiger partial charge in [0.05, 0.1) is 11.2 Å². The van der Waals surface area contributed by atoms with Gasteiger partial charge in [0, 0.05) is 38.3 Å². The molecule has 0 unspecified atom stereocenters. The summed E-state index contributed by atoms with van der Waals surface area (Å²) in [4.78, 5) is 6.34. The van der Waals surface area contributed by atoms with Crippen molar-refractivity contribution >= 4 is 17.0 Å². The van der Waals surface area contributed by atoms with E-state index in [4.69, 9.17) is 0 Å². The van der Waals surface area contributed by atoms with Crippen LogP contribution in [0.1, 0.15) is 11.3 Å². The maximum atomic E-state index is 4.23. The molecule has 0 atom stereocenters. The average molecular weight is 247 g/mol. The van der Waals surface area contributed by atoms with Crippen molar-refractivity contribution in [2.45, 2.75) is 13.1 Å². The van der Waals surface area contributed by atoms with E-state index in [2.05, 4.69) is 58.9 Å². The first-order chi connectivity index (χ1) is 8.25. The zero-order valence-corrected chi connectivity index (χ0v) is 11.0. The van der Waals surface area contributed by atoms with Gasteiger partial charge in [-0.1, -0.05) is 12.1 Å². The van der Waals surface area contributed by atoms with Gasteiger partial charge in [0.2, 0.25) is 0 Å². The lowest BCUT2D eigenvalue weighted by Crippen LogP contribution is -2.13. The normalized spacial score (nSPS) is 10.5. The highest BCUT2D eigenvalue weighted by Gasteiger charge is 1.97. The van der Waals surface area contributed by atoms with E-state index in [1.54, 1.807) is 11.3 Å². The molecule has 2 aromatic rings. The van der Waals surface area contributed by atoms with Crippen molar-refractivity contribution in [1.29, 1.82) is 0 Å². The summed E-state index contributed by atoms with van der Waals surface area (Å²) in [5, 5.41) is 5.45. The highest BCUT2D eigenvalue weighted by Crippen LogP contribution is 2.12. The fourth-order valence-corrected chi connectivity index (χ4v) is 2.13. The Hall–Kier alpha value is -1.39. The van der Waals surface area contributed by atoms with E-state index in [-0.39, 0.29) is 0 Å². The molecule has 0 saturated carbocycles. The third kappa shape index (κ3) is 3.54. The van der Waals surface area contributed by atoms with Crippen LogP contribution < -0.4 is 10.2 Å². The van der Waals surface area contributed by atoms with Gasteiger partial charge in [0.15, 0.2) is 0 Å². The van der Waals surface area contributed by atoms with Gasteiger partial charge in [-0.25, -0.2) is 4.98 Å². The Morgan fingerprint density at radius 2 is 1.94 bits per heavy atom. The lowest BCUT2D eigenvalue weighted by atomic mass is 10.2. The fraction of sp³-hybridized carbons (Fsp3) is 0.308. The van der Waals surface area contributed by atoms with Crippen LogP contribution in [0.4, 0.5) is 5.69 Å². The zero-order valence-electron chi connectivity index (χ0n) is 10.2. The van der Waals surface area contributed by atoms with Gasteiger partial charge in [0.1, 0.15) is 0 Å². The number of thiazole rings is 1. The van der Waals surface area contributed by atoms with Crippen molar-refractivity contribution in [3.05, 3.63) is 46.4 Å². The van der Waals surface area contributed by atoms with Gasteiger partial charge in [-0.15, -0.1) is 11.3 Å². The number of anilines is 1. The maximum absolute atomic E-state index is 4.23. The number of nitrogens with zero attached hydrogens (tertiary/aromatic N) is 2. The Labute approximate surface area is 106 Å². The Kier molecular flexibility index (Phi) is 4.12. The third-order valence-corrected chi connectivity index (χ3v) is 3.21. The molecule has 4 heteroatoms. The molecule has 0 bridgehead atoms. The minimum atomic E-state index is 0.832. The summed E-state index contributed by atoms with van der Waals surface area (Å²) in [5.41, 5.74) is 5.50. The topological polar surface area (TPSA) is 28.2 Å². The summed E-state index contributed by atoms with van der Waals surface area (Å²) in [7, 11) is 4.10. The minimum absolute atomic E-state index is 0.832. The second-order valence-electron chi connectivity index (χ2n) is 4.14. The summed E-state index contributed by atoms with van der Waals surface area (Å²) in [6.07, 6.45) is 0. The first-order valence-corrected chi connectivity index (χ1v) is 6.54. The van der Waals surface area contributed by atoms with Gasteiger partial charge < -0.3 is 10.2 Å². The highest BCUT2D eigenvalue weighted by molar-refractivity contribution is 7.07. The molecular formula is C13H17N3S. The molecule has 2 rings (SSSR count). The van der Waals surface area contributed by atoms with Crippen LogP contribution in [0.2, 0.25) is 0 Å². The molecule has 0 saturated heterocycles. The first-order valence-electron chi connectivity index (χ1n) is 5.60. The third-order valence-electron chi connectivity index (χ3n) is 2.57. The predicted molar refractivity (Wildman–Crippen MR) is 73.4 cm³/mol. The zero-order chi connectivity index (χ0) is 12.1. The van der Waals surface area contributed by atoms with Gasteiger partial charge in [-0.3, -0.25) is 0 Å². The Balaban J connectivity index is 1.83. The standard InChI is InChI=1S/C13H17N3S/c1-16(2)13-5-3-11(4-6-13)7-14-8-12-9-17-10-15-12/h3-6,9-10,14H,7-8H2,1-2H3. The minimum Gasteiger partial charge on any atom is -0.378 e. The summed E-state index contributed by atoms with van der Waals surface area (Å²) < 4.78 is 0. The smallest absolute Gasteiger partial charge is 0.0795 e. The van der Waals surface area contributed by atoms with Crippen molar-refractivity contribution in [2.75, 3.05) is 19.0 Å².